The molecule has 1 aliphatic rings. The van der Waals surface area contributed by atoms with Crippen molar-refractivity contribution in [1.29, 1.82) is 0 Å². The van der Waals surface area contributed by atoms with Crippen molar-refractivity contribution < 1.29 is 27.5 Å². The highest BCUT2D eigenvalue weighted by Gasteiger charge is 2.25. The van der Waals surface area contributed by atoms with E-state index in [1.165, 1.54) is 28.6 Å². The molecular formula is C17H23N3O6S. The Kier molecular flexibility index (Phi) is 6.92. The Morgan fingerprint density at radius 1 is 1.19 bits per heavy atom. The number of hydrogen-bond acceptors (Lipinski definition) is 6. The Bertz CT molecular complexity index is 816. The molecule has 0 heterocycles. The van der Waals surface area contributed by atoms with Crippen molar-refractivity contribution in [2.75, 3.05) is 19.7 Å². The molecule has 0 saturated heterocycles. The summed E-state index contributed by atoms with van der Waals surface area (Å²) in [6.07, 6.45) is 1.76. The molecule has 2 rings (SSSR count). The average molecular weight is 397 g/mol. The van der Waals surface area contributed by atoms with E-state index in [1.54, 1.807) is 13.8 Å². The van der Waals surface area contributed by atoms with Crippen LogP contribution in [0.15, 0.2) is 29.2 Å². The molecule has 2 N–H and O–H groups in total. The first-order valence-electron chi connectivity index (χ1n) is 8.65. The molecule has 0 atom stereocenters. The van der Waals surface area contributed by atoms with Gasteiger partial charge in [-0.2, -0.15) is 4.31 Å². The fraction of sp³-hybridized carbons (Fsp3) is 0.471. The van der Waals surface area contributed by atoms with E-state index >= 15 is 0 Å². The second kappa shape index (κ2) is 8.96. The van der Waals surface area contributed by atoms with Crippen molar-refractivity contribution in [3.8, 4) is 0 Å². The minimum absolute atomic E-state index is 0.00142. The van der Waals surface area contributed by atoms with Gasteiger partial charge in [0.05, 0.1) is 10.5 Å². The number of nitrogens with zero attached hydrogens (tertiary/aromatic N) is 1. The zero-order valence-electron chi connectivity index (χ0n) is 15.2. The minimum atomic E-state index is -3.72. The molecular weight excluding hydrogens is 374 g/mol. The van der Waals surface area contributed by atoms with E-state index in [0.717, 1.165) is 12.8 Å². The van der Waals surface area contributed by atoms with E-state index < -0.39 is 34.5 Å². The van der Waals surface area contributed by atoms with Crippen LogP contribution in [0.5, 0.6) is 0 Å². The number of esters is 1. The molecule has 0 unspecified atom stereocenters. The predicted molar refractivity (Wildman–Crippen MR) is 96.5 cm³/mol. The van der Waals surface area contributed by atoms with Crippen LogP contribution in [0.4, 0.5) is 4.79 Å². The lowest BCUT2D eigenvalue weighted by Gasteiger charge is -2.18. The van der Waals surface area contributed by atoms with E-state index in [2.05, 4.69) is 10.6 Å². The molecule has 1 saturated carbocycles. The maximum absolute atomic E-state index is 12.5. The molecule has 0 aromatic heterocycles. The van der Waals surface area contributed by atoms with E-state index in [9.17, 15) is 22.8 Å². The standard InChI is InChI=1S/C17H23N3O6S/c1-3-20(4-2)27(24,25)14-7-5-6-12(10-14)16(22)26-11-15(21)19-17(23)18-13-8-9-13/h5-7,10,13H,3-4,8-9,11H2,1-2H3,(H2,18,19,21,23). The van der Waals surface area contributed by atoms with Gasteiger partial charge in [0.2, 0.25) is 10.0 Å². The van der Waals surface area contributed by atoms with Crippen LogP contribution >= 0.6 is 0 Å². The first kappa shape index (κ1) is 20.8. The van der Waals surface area contributed by atoms with Gasteiger partial charge in [-0.15, -0.1) is 0 Å². The van der Waals surface area contributed by atoms with Crippen LogP contribution in [0.25, 0.3) is 0 Å². The van der Waals surface area contributed by atoms with Gasteiger partial charge in [-0.05, 0) is 31.0 Å². The monoisotopic (exact) mass is 397 g/mol. The summed E-state index contributed by atoms with van der Waals surface area (Å²) in [6, 6.07) is 4.87. The van der Waals surface area contributed by atoms with Gasteiger partial charge in [0.15, 0.2) is 6.61 Å². The van der Waals surface area contributed by atoms with Gasteiger partial charge >= 0.3 is 12.0 Å². The van der Waals surface area contributed by atoms with E-state index in [-0.39, 0.29) is 16.5 Å². The van der Waals surface area contributed by atoms with Crippen molar-refractivity contribution in [3.63, 3.8) is 0 Å². The Morgan fingerprint density at radius 2 is 1.85 bits per heavy atom. The van der Waals surface area contributed by atoms with Gasteiger partial charge < -0.3 is 10.1 Å². The molecule has 0 aliphatic heterocycles. The highest BCUT2D eigenvalue weighted by Crippen LogP contribution is 2.18. The summed E-state index contributed by atoms with van der Waals surface area (Å²) < 4.78 is 31.2. The summed E-state index contributed by atoms with van der Waals surface area (Å²) in [5.74, 6) is -1.63. The van der Waals surface area contributed by atoms with E-state index in [1.807, 2.05) is 0 Å². The first-order chi connectivity index (χ1) is 12.8. The van der Waals surface area contributed by atoms with Crippen LogP contribution in [0.1, 0.15) is 37.0 Å². The van der Waals surface area contributed by atoms with Crippen LogP contribution < -0.4 is 10.6 Å². The number of urea groups is 1. The smallest absolute Gasteiger partial charge is 0.338 e. The van der Waals surface area contributed by atoms with Crippen molar-refractivity contribution in [2.45, 2.75) is 37.6 Å². The number of ether oxygens (including phenoxy) is 1. The maximum Gasteiger partial charge on any atom is 0.338 e. The first-order valence-corrected chi connectivity index (χ1v) is 10.1. The van der Waals surface area contributed by atoms with Gasteiger partial charge in [0.25, 0.3) is 5.91 Å². The van der Waals surface area contributed by atoms with Gasteiger partial charge in [0, 0.05) is 19.1 Å². The van der Waals surface area contributed by atoms with Gasteiger partial charge in [-0.3, -0.25) is 10.1 Å². The lowest BCUT2D eigenvalue weighted by molar-refractivity contribution is -0.123. The van der Waals surface area contributed by atoms with Crippen LogP contribution in [0, 0.1) is 0 Å². The molecule has 1 aromatic carbocycles. The predicted octanol–water partition coefficient (Wildman–Crippen LogP) is 0.862. The molecule has 0 radical (unpaired) electrons. The molecule has 1 aliphatic carbocycles. The SMILES string of the molecule is CCN(CC)S(=O)(=O)c1cccc(C(=O)OCC(=O)NC(=O)NC2CC2)c1. The van der Waals surface area contributed by atoms with Gasteiger partial charge in [-0.25, -0.2) is 18.0 Å². The third-order valence-corrected chi connectivity index (χ3v) is 5.96. The zero-order chi connectivity index (χ0) is 20.0. The second-order valence-corrected chi connectivity index (χ2v) is 7.93. The van der Waals surface area contributed by atoms with Crippen LogP contribution in [0.3, 0.4) is 0 Å². The lowest BCUT2D eigenvalue weighted by Crippen LogP contribution is -2.42. The molecule has 0 bridgehead atoms. The van der Waals surface area contributed by atoms with Crippen LogP contribution in [-0.4, -0.2) is 56.4 Å². The Labute approximate surface area is 158 Å². The molecule has 27 heavy (non-hydrogen) atoms. The largest absolute Gasteiger partial charge is 0.452 e. The molecule has 3 amide bonds. The minimum Gasteiger partial charge on any atom is -0.452 e. The third kappa shape index (κ3) is 5.76. The fourth-order valence-electron chi connectivity index (χ4n) is 2.32. The van der Waals surface area contributed by atoms with Gasteiger partial charge in [-0.1, -0.05) is 19.9 Å². The Morgan fingerprint density at radius 3 is 2.44 bits per heavy atom. The molecule has 1 aromatic rings. The molecule has 10 heteroatoms. The molecule has 148 valence electrons. The summed E-state index contributed by atoms with van der Waals surface area (Å²) in [7, 11) is -3.72. The number of hydrogen-bond donors (Lipinski definition) is 2. The van der Waals surface area contributed by atoms with Crippen molar-refractivity contribution in [1.82, 2.24) is 14.9 Å². The summed E-state index contributed by atoms with van der Waals surface area (Å²) in [5.41, 5.74) is -0.00142. The van der Waals surface area contributed by atoms with Crippen molar-refractivity contribution in [3.05, 3.63) is 29.8 Å². The summed E-state index contributed by atoms with van der Waals surface area (Å²) in [5, 5.41) is 4.62. The number of benzene rings is 1. The van der Waals surface area contributed by atoms with Gasteiger partial charge in [0.1, 0.15) is 0 Å². The number of rotatable bonds is 8. The van der Waals surface area contributed by atoms with E-state index in [0.29, 0.717) is 13.1 Å². The molecule has 1 fully saturated rings. The summed E-state index contributed by atoms with van der Waals surface area (Å²) in [6.45, 7) is 3.39. The zero-order valence-corrected chi connectivity index (χ0v) is 16.0. The Hall–Kier alpha value is -2.46. The molecule has 0 spiro atoms. The highest BCUT2D eigenvalue weighted by atomic mass is 32.2. The molecule has 9 nitrogen and oxygen atoms in total. The lowest BCUT2D eigenvalue weighted by atomic mass is 10.2. The quantitative estimate of drug-likeness (QED) is 0.628. The van der Waals surface area contributed by atoms with E-state index in [4.69, 9.17) is 4.74 Å². The average Bonchev–Trinajstić information content (AvgIpc) is 3.44. The second-order valence-electron chi connectivity index (χ2n) is 5.99. The number of imide groups is 1. The number of amides is 3. The highest BCUT2D eigenvalue weighted by molar-refractivity contribution is 7.89. The number of carbonyl (C=O) groups is 3. The number of carbonyl (C=O) groups excluding carboxylic acids is 3. The van der Waals surface area contributed by atoms with Crippen LogP contribution in [0.2, 0.25) is 0 Å². The van der Waals surface area contributed by atoms with Crippen molar-refractivity contribution in [2.24, 2.45) is 0 Å². The maximum atomic E-state index is 12.5. The van der Waals surface area contributed by atoms with Crippen molar-refractivity contribution >= 4 is 27.9 Å². The topological polar surface area (TPSA) is 122 Å². The Balaban J connectivity index is 1.96. The summed E-state index contributed by atoms with van der Waals surface area (Å²) in [4.78, 5) is 35.1. The number of sulfonamides is 1. The fourth-order valence-corrected chi connectivity index (χ4v) is 3.83. The third-order valence-electron chi connectivity index (χ3n) is 3.91. The van der Waals surface area contributed by atoms with Crippen LogP contribution in [-0.2, 0) is 19.6 Å². The summed E-state index contributed by atoms with van der Waals surface area (Å²) >= 11 is 0. The normalized spacial score (nSPS) is 13.9. The number of nitrogens with one attached hydrogen (secondary N) is 2.